The van der Waals surface area contributed by atoms with Crippen LogP contribution in [0.25, 0.3) is 0 Å². The average Bonchev–Trinajstić information content (AvgIpc) is 2.78. The number of hydrogen-bond acceptors (Lipinski definition) is 6. The van der Waals surface area contributed by atoms with E-state index >= 15 is 0 Å². The number of amides is 1. The van der Waals surface area contributed by atoms with Gasteiger partial charge in [-0.25, -0.2) is 9.18 Å². The van der Waals surface area contributed by atoms with Crippen molar-refractivity contribution < 1.29 is 24.1 Å². The van der Waals surface area contributed by atoms with Crippen LogP contribution in [0.15, 0.2) is 11.0 Å². The number of aromatic nitrogens is 2. The molecule has 0 spiro atoms. The van der Waals surface area contributed by atoms with Crippen LogP contribution in [0.2, 0.25) is 0 Å². The number of carbonyl (C=O) groups is 1. The lowest BCUT2D eigenvalue weighted by Gasteiger charge is -2.17. The maximum Gasteiger partial charge on any atom is 0.351 e. The van der Waals surface area contributed by atoms with Gasteiger partial charge < -0.3 is 20.3 Å². The molecule has 2 heterocycles. The highest BCUT2D eigenvalue weighted by atomic mass is 19.1. The number of hydrogen-bond donors (Lipinski definition) is 3. The fourth-order valence-electron chi connectivity index (χ4n) is 2.50. The predicted molar refractivity (Wildman–Crippen MR) is 82.8 cm³/mol. The van der Waals surface area contributed by atoms with Crippen LogP contribution in [-0.4, -0.2) is 44.0 Å². The fraction of sp³-hybridized carbons (Fsp3) is 0.667. The van der Waals surface area contributed by atoms with Crippen LogP contribution in [0, 0.1) is 5.82 Å². The molecule has 1 aliphatic rings. The van der Waals surface area contributed by atoms with Gasteiger partial charge >= 0.3 is 5.69 Å². The van der Waals surface area contributed by atoms with Gasteiger partial charge in [-0.15, -0.1) is 0 Å². The zero-order valence-electron chi connectivity index (χ0n) is 13.6. The minimum absolute atomic E-state index is 0.214. The van der Waals surface area contributed by atoms with Crippen LogP contribution in [0.4, 0.5) is 10.2 Å². The second kappa shape index (κ2) is 7.82. The van der Waals surface area contributed by atoms with E-state index in [1.165, 1.54) is 6.92 Å². The molecule has 1 aromatic heterocycles. The van der Waals surface area contributed by atoms with Crippen LogP contribution in [0.5, 0.6) is 0 Å². The van der Waals surface area contributed by atoms with Crippen LogP contribution >= 0.6 is 0 Å². The van der Waals surface area contributed by atoms with Gasteiger partial charge in [0.2, 0.25) is 5.91 Å². The highest BCUT2D eigenvalue weighted by Crippen LogP contribution is 2.28. The van der Waals surface area contributed by atoms with Crippen LogP contribution in [0.1, 0.15) is 45.8 Å². The van der Waals surface area contributed by atoms with Gasteiger partial charge in [0, 0.05) is 6.42 Å². The van der Waals surface area contributed by atoms with Gasteiger partial charge in [-0.1, -0.05) is 19.8 Å². The molecule has 2 rings (SSSR count). The summed E-state index contributed by atoms with van der Waals surface area (Å²) in [5, 5.41) is 21.8. The molecule has 1 fully saturated rings. The van der Waals surface area contributed by atoms with E-state index in [4.69, 9.17) is 4.74 Å². The third-order valence-electron chi connectivity index (χ3n) is 3.92. The summed E-state index contributed by atoms with van der Waals surface area (Å²) in [5.41, 5.74) is -0.898. The van der Waals surface area contributed by atoms with Crippen LogP contribution in [-0.2, 0) is 9.53 Å². The summed E-state index contributed by atoms with van der Waals surface area (Å²) in [7, 11) is 0. The van der Waals surface area contributed by atoms with Crippen molar-refractivity contribution in [2.45, 2.75) is 64.1 Å². The largest absolute Gasteiger partial charge is 0.388 e. The standard InChI is InChI=1S/C15H22FN3O5/c1-3-4-5-6-10(20)17-13-9(16)7-19(15(23)18-13)14-12(22)11(21)8(2)24-14/h7-8,11-12,14,21-22H,3-6H2,1-2H3,(H,17,18,20,23)/t8-,11?,12?,14-/m1/s1. The van der Waals surface area contributed by atoms with Gasteiger partial charge in [0.25, 0.3) is 0 Å². The number of nitrogens with zero attached hydrogens (tertiary/aromatic N) is 2. The zero-order chi connectivity index (χ0) is 17.9. The van der Waals surface area contributed by atoms with E-state index in [1.807, 2.05) is 6.92 Å². The van der Waals surface area contributed by atoms with Crippen molar-refractivity contribution in [1.29, 1.82) is 0 Å². The molecule has 4 atom stereocenters. The Morgan fingerprint density at radius 1 is 1.42 bits per heavy atom. The Balaban J connectivity index is 2.14. The molecule has 0 bridgehead atoms. The smallest absolute Gasteiger partial charge is 0.351 e. The van der Waals surface area contributed by atoms with Crippen molar-refractivity contribution in [2.24, 2.45) is 0 Å². The molecule has 0 radical (unpaired) electrons. The number of unbranched alkanes of at least 4 members (excludes halogenated alkanes) is 2. The molecule has 24 heavy (non-hydrogen) atoms. The van der Waals surface area contributed by atoms with E-state index in [0.717, 1.165) is 23.6 Å². The topological polar surface area (TPSA) is 114 Å². The van der Waals surface area contributed by atoms with Crippen molar-refractivity contribution in [3.05, 3.63) is 22.5 Å². The van der Waals surface area contributed by atoms with Crippen molar-refractivity contribution in [3.63, 3.8) is 0 Å². The minimum Gasteiger partial charge on any atom is -0.388 e. The number of ether oxygens (including phenoxy) is 1. The average molecular weight is 343 g/mol. The van der Waals surface area contributed by atoms with Crippen molar-refractivity contribution in [3.8, 4) is 0 Å². The molecule has 1 aliphatic heterocycles. The first-order valence-corrected chi connectivity index (χ1v) is 7.95. The van der Waals surface area contributed by atoms with E-state index in [0.29, 0.717) is 6.42 Å². The summed E-state index contributed by atoms with van der Waals surface area (Å²) in [6, 6.07) is 0. The summed E-state index contributed by atoms with van der Waals surface area (Å²) in [6.45, 7) is 3.52. The lowest BCUT2D eigenvalue weighted by Crippen LogP contribution is -2.36. The second-order valence-electron chi connectivity index (χ2n) is 5.85. The number of aliphatic hydroxyl groups excluding tert-OH is 2. The zero-order valence-corrected chi connectivity index (χ0v) is 13.6. The first-order valence-electron chi connectivity index (χ1n) is 7.95. The summed E-state index contributed by atoms with van der Waals surface area (Å²) >= 11 is 0. The Labute approximate surface area is 138 Å². The van der Waals surface area contributed by atoms with Crippen LogP contribution in [0.3, 0.4) is 0 Å². The summed E-state index contributed by atoms with van der Waals surface area (Å²) in [6.07, 6.45) is -1.01. The molecule has 1 aromatic rings. The minimum atomic E-state index is -1.38. The van der Waals surface area contributed by atoms with Crippen molar-refractivity contribution in [2.75, 3.05) is 5.32 Å². The van der Waals surface area contributed by atoms with E-state index in [9.17, 15) is 24.2 Å². The first kappa shape index (κ1) is 18.5. The Hall–Kier alpha value is -1.84. The van der Waals surface area contributed by atoms with Gasteiger partial charge in [-0.2, -0.15) is 4.98 Å². The Bertz CT molecular complexity index is 650. The normalized spacial score (nSPS) is 26.5. The maximum atomic E-state index is 14.1. The molecule has 0 aliphatic carbocycles. The predicted octanol–water partition coefficient (Wildman–Crippen LogP) is 0.540. The third kappa shape index (κ3) is 3.97. The SMILES string of the molecule is CCCCCC(=O)Nc1nc(=O)n([C@@H]2O[C@H](C)C(O)C2O)cc1F. The van der Waals surface area contributed by atoms with E-state index in [1.54, 1.807) is 0 Å². The Kier molecular flexibility index (Phi) is 6.03. The number of halogens is 1. The van der Waals surface area contributed by atoms with Gasteiger partial charge in [-0.3, -0.25) is 9.36 Å². The van der Waals surface area contributed by atoms with Crippen molar-refractivity contribution >= 4 is 11.7 Å². The van der Waals surface area contributed by atoms with E-state index in [2.05, 4.69) is 10.3 Å². The molecular weight excluding hydrogens is 321 g/mol. The first-order chi connectivity index (χ1) is 11.3. The molecule has 1 amide bonds. The summed E-state index contributed by atoms with van der Waals surface area (Å²) < 4.78 is 20.1. The molecule has 9 heteroatoms. The van der Waals surface area contributed by atoms with Gasteiger partial charge in [0.15, 0.2) is 17.9 Å². The number of nitrogens with one attached hydrogen (secondary N) is 1. The summed E-state index contributed by atoms with van der Waals surface area (Å²) in [5.74, 6) is -1.81. The summed E-state index contributed by atoms with van der Waals surface area (Å²) in [4.78, 5) is 27.2. The monoisotopic (exact) mass is 343 g/mol. The molecule has 134 valence electrons. The van der Waals surface area contributed by atoms with E-state index < -0.39 is 47.8 Å². The molecule has 1 saturated heterocycles. The number of anilines is 1. The van der Waals surface area contributed by atoms with Gasteiger partial charge in [0.1, 0.15) is 12.2 Å². The Morgan fingerprint density at radius 2 is 2.12 bits per heavy atom. The highest BCUT2D eigenvalue weighted by molar-refractivity contribution is 5.89. The molecular formula is C15H22FN3O5. The van der Waals surface area contributed by atoms with Crippen molar-refractivity contribution in [1.82, 2.24) is 9.55 Å². The number of aliphatic hydroxyl groups is 2. The molecule has 8 nitrogen and oxygen atoms in total. The molecule has 0 saturated carbocycles. The molecule has 2 unspecified atom stereocenters. The van der Waals surface area contributed by atoms with Gasteiger partial charge in [-0.05, 0) is 13.3 Å². The van der Waals surface area contributed by atoms with Crippen LogP contribution < -0.4 is 11.0 Å². The number of rotatable bonds is 6. The third-order valence-corrected chi connectivity index (χ3v) is 3.92. The Morgan fingerprint density at radius 3 is 2.71 bits per heavy atom. The maximum absolute atomic E-state index is 14.1. The van der Waals surface area contributed by atoms with Gasteiger partial charge in [0.05, 0.1) is 12.3 Å². The second-order valence-corrected chi connectivity index (χ2v) is 5.85. The number of carbonyl (C=O) groups excluding carboxylic acids is 1. The lowest BCUT2D eigenvalue weighted by molar-refractivity contribution is -0.116. The fourth-order valence-corrected chi connectivity index (χ4v) is 2.50. The molecule has 0 aromatic carbocycles. The highest BCUT2D eigenvalue weighted by Gasteiger charge is 2.42. The quantitative estimate of drug-likeness (QED) is 0.650. The molecule has 3 N–H and O–H groups in total. The van der Waals surface area contributed by atoms with E-state index in [-0.39, 0.29) is 6.42 Å². The lowest BCUT2D eigenvalue weighted by atomic mass is 10.1.